The van der Waals surface area contributed by atoms with Gasteiger partial charge in [-0.05, 0) is 44.3 Å². The van der Waals surface area contributed by atoms with Gasteiger partial charge in [-0.1, -0.05) is 0 Å². The number of carbonyl (C=O) groups is 1. The summed E-state index contributed by atoms with van der Waals surface area (Å²) in [5.74, 6) is -0.494. The average molecular weight is 419 g/mol. The summed E-state index contributed by atoms with van der Waals surface area (Å²) >= 11 is 0. The second-order valence-electron chi connectivity index (χ2n) is 7.53. The summed E-state index contributed by atoms with van der Waals surface area (Å²) < 4.78 is 0. The summed E-state index contributed by atoms with van der Waals surface area (Å²) in [6.07, 6.45) is 4.53. The Hall–Kier alpha value is -3.72. The van der Waals surface area contributed by atoms with Crippen molar-refractivity contribution in [2.75, 3.05) is 48.8 Å². The monoisotopic (exact) mass is 419 g/mol. The van der Waals surface area contributed by atoms with Gasteiger partial charge in [-0.2, -0.15) is 0 Å². The van der Waals surface area contributed by atoms with E-state index in [1.807, 2.05) is 31.2 Å². The Morgan fingerprint density at radius 1 is 1.06 bits per heavy atom. The molecule has 1 aliphatic heterocycles. The maximum absolute atomic E-state index is 12.9. The highest BCUT2D eigenvalue weighted by Gasteiger charge is 2.18. The number of aromatic nitrogens is 3. The van der Waals surface area contributed by atoms with Crippen LogP contribution in [0, 0.1) is 6.92 Å². The van der Waals surface area contributed by atoms with Gasteiger partial charge < -0.3 is 25.4 Å². The molecule has 3 heterocycles. The van der Waals surface area contributed by atoms with Crippen LogP contribution >= 0.6 is 0 Å². The quantitative estimate of drug-likeness (QED) is 0.582. The number of piperazine rings is 1. The normalized spacial score (nSPS) is 14.3. The maximum atomic E-state index is 12.9. The van der Waals surface area contributed by atoms with E-state index in [4.69, 9.17) is 0 Å². The van der Waals surface area contributed by atoms with Gasteiger partial charge in [-0.15, -0.1) is 0 Å². The fourth-order valence-electron chi connectivity index (χ4n) is 3.48. The molecular weight excluding hydrogens is 394 g/mol. The van der Waals surface area contributed by atoms with Crippen LogP contribution in [0.5, 0.6) is 0 Å². The lowest BCUT2D eigenvalue weighted by molar-refractivity contribution is 0.102. The number of benzene rings is 1. The molecule has 1 amide bonds. The second kappa shape index (κ2) is 8.97. The van der Waals surface area contributed by atoms with Gasteiger partial charge in [-0.25, -0.2) is 9.97 Å². The molecule has 9 heteroatoms. The standard InChI is InChI=1S/C22H25N7O2/c1-15-19(13-23-14-25-15)27-18-7-8-24-21(30)20(18)22(31)26-16-3-5-17(6-4-16)29-11-9-28(2)10-12-29/h3-8,13-14H,9-12H2,1-2H3,(H,26,31)(H2,24,27,30). The number of amides is 1. The number of pyridine rings is 1. The minimum atomic E-state index is -0.494. The highest BCUT2D eigenvalue weighted by atomic mass is 16.2. The zero-order valence-corrected chi connectivity index (χ0v) is 17.6. The number of hydrogen-bond acceptors (Lipinski definition) is 7. The van der Waals surface area contributed by atoms with Gasteiger partial charge >= 0.3 is 0 Å². The van der Waals surface area contributed by atoms with Crippen molar-refractivity contribution in [1.29, 1.82) is 0 Å². The van der Waals surface area contributed by atoms with Crippen molar-refractivity contribution in [3.8, 4) is 0 Å². The molecule has 3 aromatic rings. The minimum Gasteiger partial charge on any atom is -0.369 e. The molecule has 0 aliphatic carbocycles. The zero-order chi connectivity index (χ0) is 21.8. The Balaban J connectivity index is 1.51. The Morgan fingerprint density at radius 3 is 2.52 bits per heavy atom. The molecule has 1 aliphatic rings. The Morgan fingerprint density at radius 2 is 1.81 bits per heavy atom. The molecule has 0 spiro atoms. The molecule has 1 aromatic carbocycles. The molecule has 0 atom stereocenters. The van der Waals surface area contributed by atoms with Crippen molar-refractivity contribution in [3.63, 3.8) is 0 Å². The van der Waals surface area contributed by atoms with Crippen LogP contribution in [-0.2, 0) is 0 Å². The maximum Gasteiger partial charge on any atom is 0.263 e. The summed E-state index contributed by atoms with van der Waals surface area (Å²) in [7, 11) is 2.12. The van der Waals surface area contributed by atoms with E-state index in [-0.39, 0.29) is 5.56 Å². The van der Waals surface area contributed by atoms with Crippen molar-refractivity contribution < 1.29 is 4.79 Å². The number of anilines is 4. The van der Waals surface area contributed by atoms with Crippen molar-refractivity contribution in [2.24, 2.45) is 0 Å². The lowest BCUT2D eigenvalue weighted by atomic mass is 10.2. The third-order valence-electron chi connectivity index (χ3n) is 5.36. The predicted octanol–water partition coefficient (Wildman–Crippen LogP) is 2.22. The molecule has 4 rings (SSSR count). The van der Waals surface area contributed by atoms with Crippen LogP contribution in [0.15, 0.2) is 53.8 Å². The van der Waals surface area contributed by atoms with E-state index in [9.17, 15) is 9.59 Å². The van der Waals surface area contributed by atoms with Gasteiger partial charge in [0, 0.05) is 43.8 Å². The molecule has 1 saturated heterocycles. The molecule has 3 N–H and O–H groups in total. The number of nitrogens with zero attached hydrogens (tertiary/aromatic N) is 4. The van der Waals surface area contributed by atoms with Gasteiger partial charge in [0.1, 0.15) is 11.9 Å². The van der Waals surface area contributed by atoms with Crippen LogP contribution in [0.2, 0.25) is 0 Å². The van der Waals surface area contributed by atoms with Crippen molar-refractivity contribution in [3.05, 3.63) is 70.7 Å². The number of carbonyl (C=O) groups excluding carboxylic acids is 1. The second-order valence-corrected chi connectivity index (χ2v) is 7.53. The number of rotatable bonds is 5. The average Bonchev–Trinajstić information content (AvgIpc) is 2.76. The number of aryl methyl sites for hydroxylation is 1. The third-order valence-corrected chi connectivity index (χ3v) is 5.36. The number of hydrogen-bond donors (Lipinski definition) is 3. The van der Waals surface area contributed by atoms with Crippen LogP contribution in [0.25, 0.3) is 0 Å². The highest BCUT2D eigenvalue weighted by Crippen LogP contribution is 2.22. The first-order valence-corrected chi connectivity index (χ1v) is 10.1. The molecule has 2 aromatic heterocycles. The lowest BCUT2D eigenvalue weighted by Crippen LogP contribution is -2.44. The van der Waals surface area contributed by atoms with Crippen LogP contribution in [0.4, 0.5) is 22.7 Å². The van der Waals surface area contributed by atoms with E-state index in [1.54, 1.807) is 12.3 Å². The molecule has 0 bridgehead atoms. The summed E-state index contributed by atoms with van der Waals surface area (Å²) in [6, 6.07) is 9.31. The summed E-state index contributed by atoms with van der Waals surface area (Å²) in [5, 5.41) is 5.91. The molecule has 31 heavy (non-hydrogen) atoms. The number of aromatic amines is 1. The van der Waals surface area contributed by atoms with Gasteiger partial charge in [0.2, 0.25) is 0 Å². The summed E-state index contributed by atoms with van der Waals surface area (Å²) in [6.45, 7) is 5.81. The number of likely N-dealkylation sites (N-methyl/N-ethyl adjacent to an activating group) is 1. The van der Waals surface area contributed by atoms with E-state index in [1.165, 1.54) is 12.5 Å². The number of nitrogens with one attached hydrogen (secondary N) is 3. The fraction of sp³-hybridized carbons (Fsp3) is 0.273. The van der Waals surface area contributed by atoms with Crippen molar-refractivity contribution in [2.45, 2.75) is 6.92 Å². The van der Waals surface area contributed by atoms with E-state index in [0.717, 1.165) is 31.9 Å². The number of H-pyrrole nitrogens is 1. The topological polar surface area (TPSA) is 106 Å². The van der Waals surface area contributed by atoms with Gasteiger partial charge in [0.05, 0.1) is 23.3 Å². The Labute approximate surface area is 180 Å². The predicted molar refractivity (Wildman–Crippen MR) is 121 cm³/mol. The molecule has 160 valence electrons. The first kappa shape index (κ1) is 20.5. The van der Waals surface area contributed by atoms with E-state index >= 15 is 0 Å². The molecule has 0 unspecified atom stereocenters. The zero-order valence-electron chi connectivity index (χ0n) is 17.6. The third kappa shape index (κ3) is 4.72. The molecular formula is C22H25N7O2. The van der Waals surface area contributed by atoms with Crippen LogP contribution in [0.1, 0.15) is 16.1 Å². The first-order valence-electron chi connectivity index (χ1n) is 10.1. The Bertz CT molecular complexity index is 1120. The van der Waals surface area contributed by atoms with Gasteiger partial charge in [-0.3, -0.25) is 9.59 Å². The minimum absolute atomic E-state index is 0.00565. The van der Waals surface area contributed by atoms with Gasteiger partial charge in [0.15, 0.2) is 0 Å². The van der Waals surface area contributed by atoms with Crippen LogP contribution < -0.4 is 21.1 Å². The van der Waals surface area contributed by atoms with Crippen molar-refractivity contribution in [1.82, 2.24) is 19.9 Å². The van der Waals surface area contributed by atoms with Crippen molar-refractivity contribution >= 4 is 28.7 Å². The molecule has 0 radical (unpaired) electrons. The van der Waals surface area contributed by atoms with E-state index < -0.39 is 11.5 Å². The molecule has 0 saturated carbocycles. The smallest absolute Gasteiger partial charge is 0.263 e. The Kier molecular flexibility index (Phi) is 5.94. The van der Waals surface area contributed by atoms with Crippen LogP contribution in [0.3, 0.4) is 0 Å². The highest BCUT2D eigenvalue weighted by molar-refractivity contribution is 6.08. The fourth-order valence-corrected chi connectivity index (χ4v) is 3.48. The van der Waals surface area contributed by atoms with E-state index in [2.05, 4.69) is 42.4 Å². The summed E-state index contributed by atoms with van der Waals surface area (Å²) in [4.78, 5) is 40.7. The van der Waals surface area contributed by atoms with E-state index in [0.29, 0.717) is 22.8 Å². The largest absolute Gasteiger partial charge is 0.369 e. The van der Waals surface area contributed by atoms with Crippen LogP contribution in [-0.4, -0.2) is 59.0 Å². The lowest BCUT2D eigenvalue weighted by Gasteiger charge is -2.34. The summed E-state index contributed by atoms with van der Waals surface area (Å²) in [5.41, 5.74) is 2.97. The molecule has 9 nitrogen and oxygen atoms in total. The SMILES string of the molecule is Cc1ncncc1Nc1cc[nH]c(=O)c1C(=O)Nc1ccc(N2CCN(C)CC2)cc1. The first-order chi connectivity index (χ1) is 15.0. The van der Waals surface area contributed by atoms with Gasteiger partial charge in [0.25, 0.3) is 11.5 Å². The molecule has 1 fully saturated rings.